The summed E-state index contributed by atoms with van der Waals surface area (Å²) >= 11 is 7.06. The summed E-state index contributed by atoms with van der Waals surface area (Å²) in [6.07, 6.45) is -4.36. The van der Waals surface area contributed by atoms with E-state index in [9.17, 15) is 18.0 Å². The molecular weight excluding hydrogens is 359 g/mol. The first-order valence-electron chi connectivity index (χ1n) is 7.12. The van der Waals surface area contributed by atoms with E-state index in [0.29, 0.717) is 5.75 Å². The van der Waals surface area contributed by atoms with Crippen LogP contribution < -0.4 is 5.32 Å². The first-order chi connectivity index (χ1) is 11.3. The fraction of sp³-hybridized carbons (Fsp3) is 0.235. The Bertz CT molecular complexity index is 717. The number of hydrogen-bond acceptors (Lipinski definition) is 2. The van der Waals surface area contributed by atoms with Crippen LogP contribution in [-0.4, -0.2) is 11.7 Å². The van der Waals surface area contributed by atoms with Crippen molar-refractivity contribution >= 4 is 35.0 Å². The Labute approximate surface area is 147 Å². The van der Waals surface area contributed by atoms with E-state index >= 15 is 0 Å². The molecule has 128 valence electrons. The number of halogens is 4. The van der Waals surface area contributed by atoms with Gasteiger partial charge in [-0.2, -0.15) is 13.2 Å². The Morgan fingerprint density at radius 3 is 2.46 bits per heavy atom. The molecule has 0 unspecified atom stereocenters. The van der Waals surface area contributed by atoms with E-state index in [-0.39, 0.29) is 18.0 Å². The van der Waals surface area contributed by atoms with Gasteiger partial charge in [0.15, 0.2) is 0 Å². The van der Waals surface area contributed by atoms with E-state index in [4.69, 9.17) is 11.6 Å². The highest BCUT2D eigenvalue weighted by atomic mass is 35.5. The third kappa shape index (κ3) is 5.46. The molecule has 2 aromatic rings. The Morgan fingerprint density at radius 1 is 1.17 bits per heavy atom. The molecule has 0 radical (unpaired) electrons. The number of nitrogens with one attached hydrogen (secondary N) is 1. The monoisotopic (exact) mass is 373 g/mol. The molecule has 0 bridgehead atoms. The number of anilines is 1. The topological polar surface area (TPSA) is 29.1 Å². The van der Waals surface area contributed by atoms with Crippen molar-refractivity contribution in [1.82, 2.24) is 0 Å². The molecule has 0 aromatic heterocycles. The van der Waals surface area contributed by atoms with Crippen molar-refractivity contribution in [2.75, 3.05) is 11.1 Å². The Kier molecular flexibility index (Phi) is 6.18. The minimum absolute atomic E-state index is 0.0806. The van der Waals surface area contributed by atoms with Crippen LogP contribution in [0.3, 0.4) is 0 Å². The number of amides is 1. The maximum Gasteiger partial charge on any atom is 0.417 e. The van der Waals surface area contributed by atoms with Gasteiger partial charge in [-0.3, -0.25) is 4.79 Å². The van der Waals surface area contributed by atoms with Gasteiger partial charge in [-0.1, -0.05) is 29.3 Å². The van der Waals surface area contributed by atoms with Crippen molar-refractivity contribution in [3.05, 3.63) is 58.6 Å². The first-order valence-corrected chi connectivity index (χ1v) is 8.48. The molecule has 7 heteroatoms. The zero-order valence-electron chi connectivity index (χ0n) is 12.8. The van der Waals surface area contributed by atoms with E-state index in [1.54, 1.807) is 0 Å². The summed E-state index contributed by atoms with van der Waals surface area (Å²) in [6.45, 7) is 1.99. The van der Waals surface area contributed by atoms with Crippen LogP contribution in [0.1, 0.15) is 17.5 Å². The van der Waals surface area contributed by atoms with Gasteiger partial charge in [0.1, 0.15) is 0 Å². The molecule has 0 heterocycles. The van der Waals surface area contributed by atoms with Gasteiger partial charge in [0.25, 0.3) is 0 Å². The Morgan fingerprint density at radius 2 is 1.83 bits per heavy atom. The molecule has 1 N–H and O–H groups in total. The maximum absolute atomic E-state index is 12.8. The number of thioether (sulfide) groups is 1. The van der Waals surface area contributed by atoms with Crippen molar-refractivity contribution < 1.29 is 18.0 Å². The SMILES string of the molecule is Cc1ccc(SCCC(=O)Nc2ccc(Cl)c(C(F)(F)F)c2)cc1. The van der Waals surface area contributed by atoms with Gasteiger partial charge in [-0.05, 0) is 37.3 Å². The van der Waals surface area contributed by atoms with E-state index in [1.807, 2.05) is 31.2 Å². The molecule has 2 rings (SSSR count). The zero-order valence-corrected chi connectivity index (χ0v) is 14.4. The number of carbonyl (C=O) groups excluding carboxylic acids is 1. The predicted octanol–water partition coefficient (Wildman–Crippen LogP) is 5.79. The molecule has 2 nitrogen and oxygen atoms in total. The molecular formula is C17H15ClF3NOS. The van der Waals surface area contributed by atoms with Crippen molar-refractivity contribution in [3.8, 4) is 0 Å². The van der Waals surface area contributed by atoms with Crippen LogP contribution >= 0.6 is 23.4 Å². The highest BCUT2D eigenvalue weighted by Gasteiger charge is 2.33. The molecule has 1 amide bonds. The predicted molar refractivity (Wildman–Crippen MR) is 91.6 cm³/mol. The summed E-state index contributed by atoms with van der Waals surface area (Å²) in [4.78, 5) is 12.9. The second-order valence-corrected chi connectivity index (χ2v) is 6.73. The third-order valence-corrected chi connectivity index (χ3v) is 4.52. The number of benzene rings is 2. The lowest BCUT2D eigenvalue weighted by atomic mass is 10.2. The average Bonchev–Trinajstić information content (AvgIpc) is 2.50. The van der Waals surface area contributed by atoms with Gasteiger partial charge in [0, 0.05) is 22.8 Å². The minimum Gasteiger partial charge on any atom is -0.326 e. The molecule has 0 aliphatic heterocycles. The average molecular weight is 374 g/mol. The van der Waals surface area contributed by atoms with E-state index in [2.05, 4.69) is 5.32 Å². The molecule has 0 saturated carbocycles. The molecule has 0 saturated heterocycles. The smallest absolute Gasteiger partial charge is 0.326 e. The number of hydrogen-bond donors (Lipinski definition) is 1. The van der Waals surface area contributed by atoms with Gasteiger partial charge in [0.05, 0.1) is 10.6 Å². The van der Waals surface area contributed by atoms with Gasteiger partial charge in [-0.15, -0.1) is 11.8 Å². The quantitative estimate of drug-likeness (QED) is 0.672. The number of rotatable bonds is 5. The fourth-order valence-corrected chi connectivity index (χ4v) is 3.02. The number of carbonyl (C=O) groups is 1. The van der Waals surface area contributed by atoms with Crippen molar-refractivity contribution in [2.45, 2.75) is 24.4 Å². The fourth-order valence-electron chi connectivity index (χ4n) is 1.94. The largest absolute Gasteiger partial charge is 0.417 e. The lowest BCUT2D eigenvalue weighted by Gasteiger charge is -2.11. The number of alkyl halides is 3. The van der Waals surface area contributed by atoms with Crippen LogP contribution in [0.15, 0.2) is 47.4 Å². The van der Waals surface area contributed by atoms with E-state index in [1.165, 1.54) is 17.8 Å². The lowest BCUT2D eigenvalue weighted by Crippen LogP contribution is -2.13. The maximum atomic E-state index is 12.8. The molecule has 0 aliphatic rings. The molecule has 0 fully saturated rings. The normalized spacial score (nSPS) is 11.4. The van der Waals surface area contributed by atoms with Crippen LogP contribution in [0.25, 0.3) is 0 Å². The van der Waals surface area contributed by atoms with Gasteiger partial charge >= 0.3 is 6.18 Å². The standard InChI is InChI=1S/C17H15ClF3NOS/c1-11-2-5-13(6-3-11)24-9-8-16(23)22-12-4-7-15(18)14(10-12)17(19,20)21/h2-7,10H,8-9H2,1H3,(H,22,23). The van der Waals surface area contributed by atoms with E-state index in [0.717, 1.165) is 22.6 Å². The zero-order chi connectivity index (χ0) is 17.7. The first kappa shape index (κ1) is 18.7. The second-order valence-electron chi connectivity index (χ2n) is 5.15. The summed E-state index contributed by atoms with van der Waals surface area (Å²) in [7, 11) is 0. The summed E-state index contributed by atoms with van der Waals surface area (Å²) in [5.74, 6) is 0.194. The van der Waals surface area contributed by atoms with E-state index < -0.39 is 16.8 Å². The highest BCUT2D eigenvalue weighted by molar-refractivity contribution is 7.99. The number of aryl methyl sites for hydroxylation is 1. The third-order valence-electron chi connectivity index (χ3n) is 3.17. The molecule has 0 spiro atoms. The Balaban J connectivity index is 1.89. The van der Waals surface area contributed by atoms with Crippen molar-refractivity contribution in [2.24, 2.45) is 0 Å². The lowest BCUT2D eigenvalue weighted by molar-refractivity contribution is -0.137. The molecule has 2 aromatic carbocycles. The van der Waals surface area contributed by atoms with Gasteiger partial charge in [-0.25, -0.2) is 0 Å². The van der Waals surface area contributed by atoms with Crippen LogP contribution in [0, 0.1) is 6.92 Å². The molecule has 0 atom stereocenters. The van der Waals surface area contributed by atoms with Crippen molar-refractivity contribution in [1.29, 1.82) is 0 Å². The van der Waals surface area contributed by atoms with Crippen molar-refractivity contribution in [3.63, 3.8) is 0 Å². The molecule has 24 heavy (non-hydrogen) atoms. The van der Waals surface area contributed by atoms with Crippen LogP contribution in [0.4, 0.5) is 18.9 Å². The summed E-state index contributed by atoms with van der Waals surface area (Å²) in [5.41, 5.74) is 0.272. The summed E-state index contributed by atoms with van der Waals surface area (Å²) < 4.78 is 38.4. The van der Waals surface area contributed by atoms with Gasteiger partial charge in [0.2, 0.25) is 5.91 Å². The second kappa shape index (κ2) is 7.94. The highest BCUT2D eigenvalue weighted by Crippen LogP contribution is 2.36. The summed E-state index contributed by atoms with van der Waals surface area (Å²) in [5, 5.41) is 2.07. The minimum atomic E-state index is -4.56. The Hall–Kier alpha value is -1.66. The van der Waals surface area contributed by atoms with Crippen LogP contribution in [0.2, 0.25) is 5.02 Å². The molecule has 0 aliphatic carbocycles. The van der Waals surface area contributed by atoms with Crippen LogP contribution in [-0.2, 0) is 11.0 Å². The van der Waals surface area contributed by atoms with Gasteiger partial charge < -0.3 is 5.32 Å². The van der Waals surface area contributed by atoms with Crippen LogP contribution in [0.5, 0.6) is 0 Å². The summed E-state index contributed by atoms with van der Waals surface area (Å²) in [6, 6.07) is 11.2.